The van der Waals surface area contributed by atoms with Crippen LogP contribution in [-0.4, -0.2) is 38.3 Å². The number of ether oxygens (including phenoxy) is 4. The topological polar surface area (TPSA) is 83.1 Å². The normalized spacial score (nSPS) is 11.4. The number of esters is 1. The van der Waals surface area contributed by atoms with Crippen LogP contribution in [0.5, 0.6) is 17.2 Å². The predicted molar refractivity (Wildman–Crippen MR) is 118 cm³/mol. The Bertz CT molecular complexity index is 851. The van der Waals surface area contributed by atoms with Crippen molar-refractivity contribution in [2.75, 3.05) is 26.4 Å². The van der Waals surface area contributed by atoms with Crippen molar-refractivity contribution >= 4 is 11.9 Å². The number of nitrogens with one attached hydrogen (secondary N) is 1. The quantitative estimate of drug-likeness (QED) is 0.539. The molecule has 1 amide bonds. The minimum atomic E-state index is -0.650. The van der Waals surface area contributed by atoms with Gasteiger partial charge in [0.15, 0.2) is 18.1 Å². The van der Waals surface area contributed by atoms with Crippen LogP contribution in [0.2, 0.25) is 0 Å². The molecule has 2 rings (SSSR count). The Balaban J connectivity index is 2.06. The van der Waals surface area contributed by atoms with E-state index in [0.717, 1.165) is 11.1 Å². The average Bonchev–Trinajstić information content (AvgIpc) is 2.74. The third-order valence-corrected chi connectivity index (χ3v) is 4.43. The Morgan fingerprint density at radius 3 is 1.97 bits per heavy atom. The zero-order valence-corrected chi connectivity index (χ0v) is 18.8. The molecule has 0 aromatic heterocycles. The Hall–Kier alpha value is -3.22. The van der Waals surface area contributed by atoms with Crippen LogP contribution in [0.1, 0.15) is 55.2 Å². The molecule has 0 fully saturated rings. The molecule has 1 N–H and O–H groups in total. The molecular formula is C24H31NO6. The van der Waals surface area contributed by atoms with Crippen molar-refractivity contribution in [2.45, 2.75) is 40.7 Å². The van der Waals surface area contributed by atoms with E-state index in [0.29, 0.717) is 37.1 Å². The lowest BCUT2D eigenvalue weighted by Crippen LogP contribution is -2.31. The summed E-state index contributed by atoms with van der Waals surface area (Å²) < 4.78 is 22.1. The molecule has 2 aromatic rings. The van der Waals surface area contributed by atoms with E-state index in [9.17, 15) is 9.59 Å². The van der Waals surface area contributed by atoms with Gasteiger partial charge in [0.2, 0.25) is 5.75 Å². The fraction of sp³-hybridized carbons (Fsp3) is 0.417. The molecule has 0 radical (unpaired) electrons. The van der Waals surface area contributed by atoms with Gasteiger partial charge in [0.1, 0.15) is 0 Å². The number of hydrogen-bond acceptors (Lipinski definition) is 6. The highest BCUT2D eigenvalue weighted by molar-refractivity contribution is 5.92. The van der Waals surface area contributed by atoms with Gasteiger partial charge >= 0.3 is 5.97 Å². The molecule has 0 spiro atoms. The van der Waals surface area contributed by atoms with Crippen molar-refractivity contribution in [2.24, 2.45) is 0 Å². The number of rotatable bonds is 11. The van der Waals surface area contributed by atoms with Gasteiger partial charge in [-0.2, -0.15) is 0 Å². The number of benzene rings is 2. The number of carbonyl (C=O) groups is 2. The van der Waals surface area contributed by atoms with Crippen LogP contribution in [0.4, 0.5) is 0 Å². The van der Waals surface area contributed by atoms with Crippen molar-refractivity contribution in [1.29, 1.82) is 0 Å². The standard InChI is InChI=1S/C24H31NO6/c1-6-28-20-13-19(14-21(29-7-2)23(20)30-8-3)24(27)31-15-22(26)25-17(5)18-11-9-16(4)10-12-18/h9-14,17H,6-8,15H2,1-5H3,(H,25,26)/t17-/m0/s1. The summed E-state index contributed by atoms with van der Waals surface area (Å²) in [5.74, 6) is 0.178. The first-order valence-electron chi connectivity index (χ1n) is 10.5. The molecule has 7 nitrogen and oxygen atoms in total. The van der Waals surface area contributed by atoms with E-state index in [1.807, 2.05) is 58.9 Å². The summed E-state index contributed by atoms with van der Waals surface area (Å²) in [6, 6.07) is 10.7. The van der Waals surface area contributed by atoms with Gasteiger partial charge in [0.05, 0.1) is 31.4 Å². The number of aryl methyl sites for hydroxylation is 1. The van der Waals surface area contributed by atoms with Gasteiger partial charge in [-0.25, -0.2) is 4.79 Å². The fourth-order valence-electron chi connectivity index (χ4n) is 2.94. The number of hydrogen-bond donors (Lipinski definition) is 1. The molecule has 0 aliphatic rings. The van der Waals surface area contributed by atoms with E-state index < -0.39 is 12.6 Å². The molecule has 0 aliphatic heterocycles. The fourth-order valence-corrected chi connectivity index (χ4v) is 2.94. The van der Waals surface area contributed by atoms with Crippen molar-refractivity contribution in [3.05, 3.63) is 53.1 Å². The number of amides is 1. The molecule has 0 unspecified atom stereocenters. The Kier molecular flexibility index (Phi) is 9.18. The minimum Gasteiger partial charge on any atom is -0.490 e. The molecule has 0 saturated carbocycles. The molecule has 2 aromatic carbocycles. The Labute approximate surface area is 183 Å². The number of carbonyl (C=O) groups excluding carboxylic acids is 2. The van der Waals surface area contributed by atoms with Gasteiger partial charge in [0.25, 0.3) is 5.91 Å². The van der Waals surface area contributed by atoms with Crippen LogP contribution >= 0.6 is 0 Å². The van der Waals surface area contributed by atoms with Crippen molar-refractivity contribution in [3.8, 4) is 17.2 Å². The third kappa shape index (κ3) is 6.91. The Morgan fingerprint density at radius 1 is 0.903 bits per heavy atom. The van der Waals surface area contributed by atoms with Gasteiger partial charge in [-0.05, 0) is 52.3 Å². The van der Waals surface area contributed by atoms with E-state index in [4.69, 9.17) is 18.9 Å². The zero-order chi connectivity index (χ0) is 22.8. The van der Waals surface area contributed by atoms with Crippen molar-refractivity contribution < 1.29 is 28.5 Å². The summed E-state index contributed by atoms with van der Waals surface area (Å²) in [7, 11) is 0. The first-order chi connectivity index (χ1) is 14.9. The van der Waals surface area contributed by atoms with Crippen LogP contribution in [0.3, 0.4) is 0 Å². The van der Waals surface area contributed by atoms with E-state index in [2.05, 4.69) is 5.32 Å². The van der Waals surface area contributed by atoms with Gasteiger partial charge < -0.3 is 24.3 Å². The van der Waals surface area contributed by atoms with Crippen LogP contribution in [-0.2, 0) is 9.53 Å². The highest BCUT2D eigenvalue weighted by atomic mass is 16.5. The molecule has 168 valence electrons. The SMILES string of the molecule is CCOc1cc(C(=O)OCC(=O)N[C@@H](C)c2ccc(C)cc2)cc(OCC)c1OCC. The lowest BCUT2D eigenvalue weighted by Gasteiger charge is -2.17. The van der Waals surface area contributed by atoms with Crippen LogP contribution in [0.25, 0.3) is 0 Å². The Morgan fingerprint density at radius 2 is 1.45 bits per heavy atom. The predicted octanol–water partition coefficient (Wildman–Crippen LogP) is 4.23. The summed E-state index contributed by atoms with van der Waals surface area (Å²) in [6.07, 6.45) is 0. The van der Waals surface area contributed by atoms with Crippen molar-refractivity contribution in [3.63, 3.8) is 0 Å². The van der Waals surface area contributed by atoms with Gasteiger partial charge in [-0.1, -0.05) is 29.8 Å². The second-order valence-electron chi connectivity index (χ2n) is 6.88. The lowest BCUT2D eigenvalue weighted by molar-refractivity contribution is -0.124. The maximum atomic E-state index is 12.6. The summed E-state index contributed by atoms with van der Waals surface area (Å²) in [5, 5.41) is 2.83. The second kappa shape index (κ2) is 11.8. The van der Waals surface area contributed by atoms with Crippen LogP contribution in [0, 0.1) is 6.92 Å². The molecular weight excluding hydrogens is 398 g/mol. The monoisotopic (exact) mass is 429 g/mol. The van der Waals surface area contributed by atoms with E-state index >= 15 is 0 Å². The molecule has 0 aliphatic carbocycles. The summed E-state index contributed by atoms with van der Waals surface area (Å²) in [6.45, 7) is 10.2. The molecule has 31 heavy (non-hydrogen) atoms. The van der Waals surface area contributed by atoms with Crippen LogP contribution in [0.15, 0.2) is 36.4 Å². The minimum absolute atomic E-state index is 0.202. The largest absolute Gasteiger partial charge is 0.490 e. The van der Waals surface area contributed by atoms with Gasteiger partial charge in [-0.3, -0.25) is 4.79 Å². The summed E-state index contributed by atoms with van der Waals surface area (Å²) in [5.41, 5.74) is 2.33. The first-order valence-corrected chi connectivity index (χ1v) is 10.5. The molecule has 0 saturated heterocycles. The van der Waals surface area contributed by atoms with E-state index in [1.54, 1.807) is 0 Å². The molecule has 7 heteroatoms. The highest BCUT2D eigenvalue weighted by Crippen LogP contribution is 2.39. The van der Waals surface area contributed by atoms with Gasteiger partial charge in [0, 0.05) is 0 Å². The molecule has 0 heterocycles. The van der Waals surface area contributed by atoms with E-state index in [-0.39, 0.29) is 17.5 Å². The summed E-state index contributed by atoms with van der Waals surface area (Å²) >= 11 is 0. The maximum absolute atomic E-state index is 12.6. The molecule has 0 bridgehead atoms. The first kappa shape index (κ1) is 24.1. The zero-order valence-electron chi connectivity index (χ0n) is 18.8. The lowest BCUT2D eigenvalue weighted by atomic mass is 10.1. The third-order valence-electron chi connectivity index (χ3n) is 4.43. The second-order valence-corrected chi connectivity index (χ2v) is 6.88. The maximum Gasteiger partial charge on any atom is 0.338 e. The summed E-state index contributed by atoms with van der Waals surface area (Å²) in [4.78, 5) is 24.8. The van der Waals surface area contributed by atoms with E-state index in [1.165, 1.54) is 12.1 Å². The average molecular weight is 430 g/mol. The van der Waals surface area contributed by atoms with Crippen molar-refractivity contribution in [1.82, 2.24) is 5.32 Å². The van der Waals surface area contributed by atoms with Gasteiger partial charge in [-0.15, -0.1) is 0 Å². The highest BCUT2D eigenvalue weighted by Gasteiger charge is 2.20. The molecule has 1 atom stereocenters. The van der Waals surface area contributed by atoms with Crippen LogP contribution < -0.4 is 19.5 Å². The smallest absolute Gasteiger partial charge is 0.338 e.